The molecular formula is C16H10N4. The number of fused-ring (bicyclic) bond motifs is 2. The topological polar surface area (TPSA) is 51.6 Å². The number of aromatic nitrogens is 4. The molecule has 0 saturated carbocycles. The third-order valence-corrected chi connectivity index (χ3v) is 3.27. The van der Waals surface area contributed by atoms with Crippen LogP contribution in [-0.4, -0.2) is 20.2 Å². The highest BCUT2D eigenvalue weighted by molar-refractivity contribution is 5.93. The van der Waals surface area contributed by atoms with Gasteiger partial charge in [0.05, 0.1) is 11.7 Å². The fourth-order valence-electron chi connectivity index (χ4n) is 2.28. The van der Waals surface area contributed by atoms with Gasteiger partial charge in [-0.15, -0.1) is 5.10 Å². The summed E-state index contributed by atoms with van der Waals surface area (Å²) in [5.74, 6) is 0.605. The summed E-state index contributed by atoms with van der Waals surface area (Å²) in [5.41, 5.74) is 1.63. The second-order valence-electron chi connectivity index (χ2n) is 4.53. The normalized spacial score (nSPS) is 11.0. The molecule has 0 amide bonds. The SMILES string of the molecule is c1ccc2nc(-c3nncc4ccccc34)ncc2c1. The van der Waals surface area contributed by atoms with E-state index in [0.29, 0.717) is 11.5 Å². The van der Waals surface area contributed by atoms with Crippen molar-refractivity contribution in [3.8, 4) is 11.5 Å². The van der Waals surface area contributed by atoms with Crippen molar-refractivity contribution in [3.05, 3.63) is 60.9 Å². The predicted octanol–water partition coefficient (Wildman–Crippen LogP) is 3.24. The molecule has 0 fully saturated rings. The minimum atomic E-state index is 0.605. The molecule has 4 aromatic rings. The second kappa shape index (κ2) is 4.35. The monoisotopic (exact) mass is 258 g/mol. The van der Waals surface area contributed by atoms with E-state index in [4.69, 9.17) is 0 Å². The lowest BCUT2D eigenvalue weighted by Gasteiger charge is -2.04. The fraction of sp³-hybridized carbons (Fsp3) is 0. The van der Waals surface area contributed by atoms with E-state index < -0.39 is 0 Å². The summed E-state index contributed by atoms with van der Waals surface area (Å²) < 4.78 is 0. The van der Waals surface area contributed by atoms with Crippen LogP contribution in [0, 0.1) is 0 Å². The Morgan fingerprint density at radius 3 is 2.50 bits per heavy atom. The van der Waals surface area contributed by atoms with Gasteiger partial charge in [-0.25, -0.2) is 9.97 Å². The van der Waals surface area contributed by atoms with E-state index in [2.05, 4.69) is 20.2 Å². The third kappa shape index (κ3) is 1.70. The molecule has 2 aromatic heterocycles. The zero-order valence-electron chi connectivity index (χ0n) is 10.6. The molecule has 2 heterocycles. The van der Waals surface area contributed by atoms with Gasteiger partial charge in [0, 0.05) is 22.4 Å². The number of hydrogen-bond acceptors (Lipinski definition) is 4. The summed E-state index contributed by atoms with van der Waals surface area (Å²) in [5, 5.41) is 11.3. The molecule has 4 nitrogen and oxygen atoms in total. The number of nitrogens with zero attached hydrogens (tertiary/aromatic N) is 4. The van der Waals surface area contributed by atoms with Gasteiger partial charge in [0.1, 0.15) is 5.69 Å². The van der Waals surface area contributed by atoms with Crippen LogP contribution in [0.25, 0.3) is 33.2 Å². The van der Waals surface area contributed by atoms with Crippen LogP contribution >= 0.6 is 0 Å². The summed E-state index contributed by atoms with van der Waals surface area (Å²) in [6, 6.07) is 15.9. The Morgan fingerprint density at radius 1 is 0.750 bits per heavy atom. The van der Waals surface area contributed by atoms with Crippen molar-refractivity contribution in [2.45, 2.75) is 0 Å². The number of rotatable bonds is 1. The molecule has 0 aliphatic carbocycles. The van der Waals surface area contributed by atoms with E-state index in [1.165, 1.54) is 0 Å². The van der Waals surface area contributed by atoms with E-state index in [1.807, 2.05) is 54.7 Å². The lowest BCUT2D eigenvalue weighted by Crippen LogP contribution is -1.95. The number of benzene rings is 2. The van der Waals surface area contributed by atoms with Crippen molar-refractivity contribution in [1.82, 2.24) is 20.2 Å². The zero-order valence-corrected chi connectivity index (χ0v) is 10.6. The standard InChI is InChI=1S/C16H10N4/c1-3-7-13-11(5-1)10-18-20-15(13)16-17-9-12-6-2-4-8-14(12)19-16/h1-10H. The average Bonchev–Trinajstić information content (AvgIpc) is 2.54. The minimum absolute atomic E-state index is 0.605. The van der Waals surface area contributed by atoms with E-state index in [0.717, 1.165) is 21.7 Å². The molecule has 0 spiro atoms. The van der Waals surface area contributed by atoms with Crippen molar-refractivity contribution < 1.29 is 0 Å². The van der Waals surface area contributed by atoms with Crippen LogP contribution in [0.2, 0.25) is 0 Å². The smallest absolute Gasteiger partial charge is 0.181 e. The summed E-state index contributed by atoms with van der Waals surface area (Å²) in [6.07, 6.45) is 3.57. The van der Waals surface area contributed by atoms with Crippen LogP contribution in [0.5, 0.6) is 0 Å². The highest BCUT2D eigenvalue weighted by atomic mass is 15.1. The quantitative estimate of drug-likeness (QED) is 0.526. The van der Waals surface area contributed by atoms with Crippen LogP contribution < -0.4 is 0 Å². The van der Waals surface area contributed by atoms with Crippen LogP contribution in [0.4, 0.5) is 0 Å². The molecule has 0 aliphatic heterocycles. The Bertz CT molecular complexity index is 913. The van der Waals surface area contributed by atoms with E-state index in [9.17, 15) is 0 Å². The molecule has 2 aromatic carbocycles. The molecule has 0 bridgehead atoms. The van der Waals surface area contributed by atoms with Crippen molar-refractivity contribution in [3.63, 3.8) is 0 Å². The van der Waals surface area contributed by atoms with Crippen molar-refractivity contribution >= 4 is 21.7 Å². The fourth-order valence-corrected chi connectivity index (χ4v) is 2.28. The molecule has 0 unspecified atom stereocenters. The van der Waals surface area contributed by atoms with Gasteiger partial charge in [0.2, 0.25) is 0 Å². The molecule has 0 aliphatic rings. The zero-order chi connectivity index (χ0) is 13.4. The Balaban J connectivity index is 2.01. The van der Waals surface area contributed by atoms with Crippen LogP contribution in [0.1, 0.15) is 0 Å². The highest BCUT2D eigenvalue weighted by Gasteiger charge is 2.09. The van der Waals surface area contributed by atoms with Crippen molar-refractivity contribution in [2.24, 2.45) is 0 Å². The summed E-state index contributed by atoms with van der Waals surface area (Å²) in [4.78, 5) is 9.00. The van der Waals surface area contributed by atoms with Crippen molar-refractivity contribution in [1.29, 1.82) is 0 Å². The molecule has 0 radical (unpaired) electrons. The Morgan fingerprint density at radius 2 is 1.55 bits per heavy atom. The maximum Gasteiger partial charge on any atom is 0.181 e. The first-order valence-corrected chi connectivity index (χ1v) is 6.34. The van der Waals surface area contributed by atoms with Crippen molar-refractivity contribution in [2.75, 3.05) is 0 Å². The number of hydrogen-bond donors (Lipinski definition) is 0. The van der Waals surface area contributed by atoms with Gasteiger partial charge in [-0.3, -0.25) is 0 Å². The Labute approximate surface area is 115 Å². The number of para-hydroxylation sites is 1. The highest BCUT2D eigenvalue weighted by Crippen LogP contribution is 2.23. The van der Waals surface area contributed by atoms with Gasteiger partial charge in [-0.1, -0.05) is 42.5 Å². The Kier molecular flexibility index (Phi) is 2.39. The van der Waals surface area contributed by atoms with Crippen LogP contribution in [0.15, 0.2) is 60.9 Å². The molecule has 20 heavy (non-hydrogen) atoms. The lowest BCUT2D eigenvalue weighted by molar-refractivity contribution is 1.03. The average molecular weight is 258 g/mol. The largest absolute Gasteiger partial charge is 0.234 e. The summed E-state index contributed by atoms with van der Waals surface area (Å²) >= 11 is 0. The van der Waals surface area contributed by atoms with Gasteiger partial charge < -0.3 is 0 Å². The van der Waals surface area contributed by atoms with Gasteiger partial charge in [0.25, 0.3) is 0 Å². The Hall–Kier alpha value is -2.88. The van der Waals surface area contributed by atoms with Gasteiger partial charge in [-0.2, -0.15) is 5.10 Å². The minimum Gasteiger partial charge on any atom is -0.234 e. The van der Waals surface area contributed by atoms with Gasteiger partial charge in [0.15, 0.2) is 5.82 Å². The maximum atomic E-state index is 4.58. The molecule has 4 rings (SSSR count). The lowest BCUT2D eigenvalue weighted by atomic mass is 10.1. The summed E-state index contributed by atoms with van der Waals surface area (Å²) in [6.45, 7) is 0. The van der Waals surface area contributed by atoms with E-state index in [-0.39, 0.29) is 0 Å². The molecule has 4 heteroatoms. The maximum absolute atomic E-state index is 4.58. The third-order valence-electron chi connectivity index (χ3n) is 3.27. The van der Waals surface area contributed by atoms with E-state index in [1.54, 1.807) is 6.20 Å². The van der Waals surface area contributed by atoms with Crippen LogP contribution in [-0.2, 0) is 0 Å². The molecule has 0 atom stereocenters. The molecule has 0 N–H and O–H groups in total. The summed E-state index contributed by atoms with van der Waals surface area (Å²) in [7, 11) is 0. The first-order valence-electron chi connectivity index (χ1n) is 6.34. The first kappa shape index (κ1) is 11.0. The predicted molar refractivity (Wildman–Crippen MR) is 78.1 cm³/mol. The van der Waals surface area contributed by atoms with E-state index >= 15 is 0 Å². The molecule has 0 saturated heterocycles. The molecular weight excluding hydrogens is 248 g/mol. The van der Waals surface area contributed by atoms with Gasteiger partial charge in [-0.05, 0) is 6.07 Å². The second-order valence-corrected chi connectivity index (χ2v) is 4.53. The van der Waals surface area contributed by atoms with Crippen LogP contribution in [0.3, 0.4) is 0 Å². The van der Waals surface area contributed by atoms with Gasteiger partial charge >= 0.3 is 0 Å². The molecule has 94 valence electrons. The first-order chi connectivity index (χ1) is 9.92.